The fraction of sp³-hybridized carbons (Fsp3) is 0. The van der Waals surface area contributed by atoms with Crippen molar-refractivity contribution in [3.8, 4) is 23.3 Å². The van der Waals surface area contributed by atoms with Crippen molar-refractivity contribution in [2.45, 2.75) is 0 Å². The molecule has 0 bridgehead atoms. The number of fused-ring (bicyclic) bond motifs is 2. The number of rotatable bonds is 1. The quantitative estimate of drug-likeness (QED) is 0.501. The molecule has 110 valence electrons. The van der Waals surface area contributed by atoms with E-state index in [-0.39, 0.29) is 22.7 Å². The Hall–Kier alpha value is -3.90. The molecule has 24 heavy (non-hydrogen) atoms. The van der Waals surface area contributed by atoms with Crippen molar-refractivity contribution in [3.05, 3.63) is 59.9 Å². The van der Waals surface area contributed by atoms with E-state index >= 15 is 0 Å². The lowest BCUT2D eigenvalue weighted by Crippen LogP contribution is -2.00. The summed E-state index contributed by atoms with van der Waals surface area (Å²) < 4.78 is 0. The molecule has 0 N–H and O–H groups in total. The Morgan fingerprint density at radius 1 is 0.625 bits per heavy atom. The lowest BCUT2D eigenvalue weighted by Gasteiger charge is -2.04. The molecule has 0 saturated carbocycles. The van der Waals surface area contributed by atoms with Crippen molar-refractivity contribution in [1.82, 2.24) is 19.9 Å². The van der Waals surface area contributed by atoms with Gasteiger partial charge in [0.15, 0.2) is 22.7 Å². The van der Waals surface area contributed by atoms with Crippen molar-refractivity contribution in [1.29, 1.82) is 10.5 Å². The number of hydrogen-bond donors (Lipinski definition) is 0. The summed E-state index contributed by atoms with van der Waals surface area (Å²) in [5, 5.41) is 18.1. The maximum Gasteiger partial charge on any atom is 0.199 e. The van der Waals surface area contributed by atoms with Crippen molar-refractivity contribution in [2.75, 3.05) is 0 Å². The second-order valence-electron chi connectivity index (χ2n) is 5.08. The normalized spacial score (nSPS) is 10.4. The van der Waals surface area contributed by atoms with Crippen molar-refractivity contribution < 1.29 is 0 Å². The summed E-state index contributed by atoms with van der Waals surface area (Å²) in [6, 6.07) is 19.4. The van der Waals surface area contributed by atoms with Gasteiger partial charge in [-0.3, -0.25) is 0 Å². The van der Waals surface area contributed by atoms with Crippen LogP contribution in [0.5, 0.6) is 0 Å². The molecule has 6 nitrogen and oxygen atoms in total. The largest absolute Gasteiger partial charge is 0.224 e. The molecular weight excluding hydrogens is 300 g/mol. The zero-order valence-corrected chi connectivity index (χ0v) is 12.3. The third-order valence-corrected chi connectivity index (χ3v) is 3.61. The van der Waals surface area contributed by atoms with Crippen molar-refractivity contribution in [2.24, 2.45) is 0 Å². The summed E-state index contributed by atoms with van der Waals surface area (Å²) in [4.78, 5) is 17.0. The van der Waals surface area contributed by atoms with Crippen LogP contribution in [-0.2, 0) is 0 Å². The predicted octanol–water partition coefficient (Wildman–Crippen LogP) is 2.98. The van der Waals surface area contributed by atoms with Gasteiger partial charge < -0.3 is 0 Å². The predicted molar refractivity (Wildman–Crippen MR) is 87.5 cm³/mol. The maximum atomic E-state index is 9.06. The Bertz CT molecular complexity index is 1170. The first-order valence-corrected chi connectivity index (χ1v) is 7.13. The average molecular weight is 308 g/mol. The van der Waals surface area contributed by atoms with Crippen LogP contribution in [0, 0.1) is 22.7 Å². The summed E-state index contributed by atoms with van der Waals surface area (Å²) in [7, 11) is 0. The smallest absolute Gasteiger partial charge is 0.199 e. The highest BCUT2D eigenvalue weighted by atomic mass is 15.0. The van der Waals surface area contributed by atoms with E-state index in [1.54, 1.807) is 0 Å². The molecule has 4 rings (SSSR count). The second-order valence-corrected chi connectivity index (χ2v) is 5.08. The van der Waals surface area contributed by atoms with Crippen LogP contribution in [0.1, 0.15) is 11.4 Å². The minimum atomic E-state index is -0.0436. The molecule has 0 spiro atoms. The summed E-state index contributed by atoms with van der Waals surface area (Å²) in [5.74, 6) is 0. The van der Waals surface area contributed by atoms with E-state index in [1.807, 2.05) is 60.7 Å². The summed E-state index contributed by atoms with van der Waals surface area (Å²) >= 11 is 0. The monoisotopic (exact) mass is 308 g/mol. The van der Waals surface area contributed by atoms with E-state index in [0.717, 1.165) is 11.1 Å². The van der Waals surface area contributed by atoms with Crippen LogP contribution < -0.4 is 0 Å². The van der Waals surface area contributed by atoms with E-state index < -0.39 is 0 Å². The minimum Gasteiger partial charge on any atom is -0.224 e. The Kier molecular flexibility index (Phi) is 3.08. The Morgan fingerprint density at radius 3 is 1.88 bits per heavy atom. The molecule has 2 aromatic heterocycles. The second kappa shape index (κ2) is 5.38. The molecule has 6 heteroatoms. The average Bonchev–Trinajstić information content (AvgIpc) is 2.65. The number of hydrogen-bond acceptors (Lipinski definition) is 6. The molecule has 2 heterocycles. The van der Waals surface area contributed by atoms with Crippen LogP contribution in [0.2, 0.25) is 0 Å². The SMILES string of the molecule is N#Cc1nc2nc3ccc(-c4ccccc4)cc3nc2nc1C#N. The molecule has 0 radical (unpaired) electrons. The van der Waals surface area contributed by atoms with Gasteiger partial charge >= 0.3 is 0 Å². The van der Waals surface area contributed by atoms with E-state index in [1.165, 1.54) is 0 Å². The van der Waals surface area contributed by atoms with Gasteiger partial charge in [0.05, 0.1) is 11.0 Å². The van der Waals surface area contributed by atoms with Gasteiger partial charge in [-0.2, -0.15) is 10.5 Å². The third-order valence-electron chi connectivity index (χ3n) is 3.61. The van der Waals surface area contributed by atoms with Crippen LogP contribution in [0.3, 0.4) is 0 Å². The van der Waals surface area contributed by atoms with Gasteiger partial charge in [-0.15, -0.1) is 0 Å². The molecular formula is C18H8N6. The summed E-state index contributed by atoms with van der Waals surface area (Å²) in [6.45, 7) is 0. The van der Waals surface area contributed by atoms with Crippen LogP contribution in [-0.4, -0.2) is 19.9 Å². The highest BCUT2D eigenvalue weighted by Gasteiger charge is 2.11. The van der Waals surface area contributed by atoms with Gasteiger partial charge in [-0.1, -0.05) is 36.4 Å². The highest BCUT2D eigenvalue weighted by Crippen LogP contribution is 2.23. The Morgan fingerprint density at radius 2 is 1.25 bits per heavy atom. The molecule has 0 amide bonds. The van der Waals surface area contributed by atoms with E-state index in [9.17, 15) is 0 Å². The zero-order chi connectivity index (χ0) is 16.5. The first-order chi connectivity index (χ1) is 11.8. The van der Waals surface area contributed by atoms with Gasteiger partial charge in [0.2, 0.25) is 0 Å². The number of nitriles is 2. The molecule has 0 saturated heterocycles. The van der Waals surface area contributed by atoms with Crippen LogP contribution in [0.25, 0.3) is 33.5 Å². The van der Waals surface area contributed by atoms with Crippen molar-refractivity contribution in [3.63, 3.8) is 0 Å². The molecule has 0 atom stereocenters. The first kappa shape index (κ1) is 13.7. The Balaban J connectivity index is 1.96. The number of benzene rings is 2. The van der Waals surface area contributed by atoms with E-state index in [4.69, 9.17) is 10.5 Å². The van der Waals surface area contributed by atoms with Gasteiger partial charge in [-0.25, -0.2) is 19.9 Å². The lowest BCUT2D eigenvalue weighted by molar-refractivity contribution is 1.14. The lowest BCUT2D eigenvalue weighted by atomic mass is 10.1. The highest BCUT2D eigenvalue weighted by molar-refractivity contribution is 5.86. The molecule has 4 aromatic rings. The molecule has 0 fully saturated rings. The fourth-order valence-electron chi connectivity index (χ4n) is 2.47. The van der Waals surface area contributed by atoms with Crippen LogP contribution >= 0.6 is 0 Å². The summed E-state index contributed by atoms with van der Waals surface area (Å²) in [6.07, 6.45) is 0. The minimum absolute atomic E-state index is 0.0421. The fourth-order valence-corrected chi connectivity index (χ4v) is 2.47. The zero-order valence-electron chi connectivity index (χ0n) is 12.3. The van der Waals surface area contributed by atoms with Gasteiger partial charge in [0.1, 0.15) is 12.1 Å². The van der Waals surface area contributed by atoms with Gasteiger partial charge in [0, 0.05) is 0 Å². The van der Waals surface area contributed by atoms with Crippen LogP contribution in [0.4, 0.5) is 0 Å². The molecule has 0 unspecified atom stereocenters. The maximum absolute atomic E-state index is 9.06. The van der Waals surface area contributed by atoms with E-state index in [2.05, 4.69) is 19.9 Å². The summed E-state index contributed by atoms with van der Waals surface area (Å²) in [5.41, 5.74) is 3.83. The van der Waals surface area contributed by atoms with E-state index in [0.29, 0.717) is 11.0 Å². The third kappa shape index (κ3) is 2.20. The van der Waals surface area contributed by atoms with Crippen molar-refractivity contribution >= 4 is 22.3 Å². The molecule has 2 aromatic carbocycles. The molecule has 0 aliphatic rings. The molecule has 0 aliphatic carbocycles. The van der Waals surface area contributed by atoms with Crippen LogP contribution in [0.15, 0.2) is 48.5 Å². The van der Waals surface area contributed by atoms with Gasteiger partial charge in [0.25, 0.3) is 0 Å². The standard InChI is InChI=1S/C18H8N6/c19-9-15-16(10-20)24-18-17(23-15)21-13-7-6-12(8-14(13)22-18)11-4-2-1-3-5-11/h1-8H. The molecule has 0 aliphatic heterocycles. The van der Waals surface area contributed by atoms with Gasteiger partial charge in [-0.05, 0) is 23.3 Å². The number of aromatic nitrogens is 4. The first-order valence-electron chi connectivity index (χ1n) is 7.13. The topological polar surface area (TPSA) is 99.1 Å². The Labute approximate surface area is 136 Å². The number of nitrogens with zero attached hydrogens (tertiary/aromatic N) is 6.